The first-order valence-electron chi connectivity index (χ1n) is 6.32. The monoisotopic (exact) mass is 253 g/mol. The summed E-state index contributed by atoms with van der Waals surface area (Å²) in [6.45, 7) is 1.54. The molecule has 4 heteroatoms. The molecule has 100 valence electrons. The molecule has 1 unspecified atom stereocenters. The molecule has 1 aromatic rings. The molecule has 1 atom stereocenters. The van der Waals surface area contributed by atoms with Gasteiger partial charge in [-0.2, -0.15) is 0 Å². The van der Waals surface area contributed by atoms with Crippen LogP contribution in [0.2, 0.25) is 0 Å². The second-order valence-electron chi connectivity index (χ2n) is 4.61. The third kappa shape index (κ3) is 2.43. The fourth-order valence-electron chi connectivity index (χ4n) is 2.57. The van der Waals surface area contributed by atoms with Gasteiger partial charge in [0.1, 0.15) is 17.2 Å². The standard InChI is InChI=1S/C14H20FNO2/c1-17-11-5-3-6-12(18-2)13(11)14(15)7-4-9-16-10-8-14/h3,5-6,16H,4,7-10H2,1-2H3. The van der Waals surface area contributed by atoms with E-state index in [0.717, 1.165) is 13.0 Å². The summed E-state index contributed by atoms with van der Waals surface area (Å²) < 4.78 is 25.9. The van der Waals surface area contributed by atoms with Crippen LogP contribution in [-0.2, 0) is 5.67 Å². The molecule has 1 heterocycles. The second kappa shape index (κ2) is 5.57. The number of benzene rings is 1. The van der Waals surface area contributed by atoms with Crippen LogP contribution in [0.1, 0.15) is 24.8 Å². The molecule has 18 heavy (non-hydrogen) atoms. The van der Waals surface area contributed by atoms with E-state index >= 15 is 4.39 Å². The van der Waals surface area contributed by atoms with E-state index in [0.29, 0.717) is 36.4 Å². The van der Waals surface area contributed by atoms with Crippen molar-refractivity contribution in [3.8, 4) is 11.5 Å². The number of ether oxygens (including phenoxy) is 2. The van der Waals surface area contributed by atoms with Crippen LogP contribution in [0.25, 0.3) is 0 Å². The van der Waals surface area contributed by atoms with Crippen LogP contribution < -0.4 is 14.8 Å². The van der Waals surface area contributed by atoms with E-state index < -0.39 is 5.67 Å². The second-order valence-corrected chi connectivity index (χ2v) is 4.61. The van der Waals surface area contributed by atoms with Crippen molar-refractivity contribution >= 4 is 0 Å². The topological polar surface area (TPSA) is 30.5 Å². The molecule has 1 aliphatic rings. The molecule has 2 rings (SSSR count). The Bertz CT molecular complexity index is 379. The first-order valence-corrected chi connectivity index (χ1v) is 6.32. The summed E-state index contributed by atoms with van der Waals surface area (Å²) in [7, 11) is 3.13. The third-order valence-corrected chi connectivity index (χ3v) is 3.50. The fourth-order valence-corrected chi connectivity index (χ4v) is 2.57. The molecule has 0 spiro atoms. The highest BCUT2D eigenvalue weighted by Crippen LogP contribution is 2.45. The molecule has 1 aromatic carbocycles. The number of hydrogen-bond acceptors (Lipinski definition) is 3. The van der Waals surface area contributed by atoms with Crippen LogP contribution in [0, 0.1) is 0 Å². The molecule has 1 fully saturated rings. The SMILES string of the molecule is COc1cccc(OC)c1C1(F)CCCNCC1. The van der Waals surface area contributed by atoms with Gasteiger partial charge in [0.25, 0.3) is 0 Å². The van der Waals surface area contributed by atoms with Gasteiger partial charge < -0.3 is 14.8 Å². The number of halogens is 1. The van der Waals surface area contributed by atoms with Gasteiger partial charge in [0.05, 0.1) is 19.8 Å². The van der Waals surface area contributed by atoms with Crippen LogP contribution in [0.3, 0.4) is 0 Å². The Morgan fingerprint density at radius 1 is 1.11 bits per heavy atom. The summed E-state index contributed by atoms with van der Waals surface area (Å²) >= 11 is 0. The van der Waals surface area contributed by atoms with Crippen LogP contribution in [0.15, 0.2) is 18.2 Å². The number of alkyl halides is 1. The lowest BCUT2D eigenvalue weighted by atomic mass is 9.87. The van der Waals surface area contributed by atoms with Gasteiger partial charge in [0.15, 0.2) is 0 Å². The number of nitrogens with one attached hydrogen (secondary N) is 1. The summed E-state index contributed by atoms with van der Waals surface area (Å²) in [6.07, 6.45) is 1.76. The molecule has 0 amide bonds. The van der Waals surface area contributed by atoms with E-state index in [1.54, 1.807) is 26.4 Å². The molecule has 0 bridgehead atoms. The van der Waals surface area contributed by atoms with Gasteiger partial charge in [-0.05, 0) is 44.5 Å². The average molecular weight is 253 g/mol. The summed E-state index contributed by atoms with van der Waals surface area (Å²) in [4.78, 5) is 0. The zero-order valence-corrected chi connectivity index (χ0v) is 11.0. The molecule has 1 N–H and O–H groups in total. The Morgan fingerprint density at radius 3 is 2.39 bits per heavy atom. The Balaban J connectivity index is 2.46. The van der Waals surface area contributed by atoms with Gasteiger partial charge in [-0.25, -0.2) is 4.39 Å². The largest absolute Gasteiger partial charge is 0.496 e. The highest BCUT2D eigenvalue weighted by Gasteiger charge is 2.37. The van der Waals surface area contributed by atoms with Gasteiger partial charge in [0.2, 0.25) is 0 Å². The Kier molecular flexibility index (Phi) is 4.07. The van der Waals surface area contributed by atoms with Crippen LogP contribution in [0.4, 0.5) is 4.39 Å². The number of rotatable bonds is 3. The molecule has 0 radical (unpaired) electrons. The van der Waals surface area contributed by atoms with Gasteiger partial charge in [-0.1, -0.05) is 6.07 Å². The molecule has 3 nitrogen and oxygen atoms in total. The predicted molar refractivity (Wildman–Crippen MR) is 69.1 cm³/mol. The molecule has 0 saturated carbocycles. The third-order valence-electron chi connectivity index (χ3n) is 3.50. The molecular weight excluding hydrogens is 233 g/mol. The first kappa shape index (κ1) is 13.1. The zero-order valence-electron chi connectivity index (χ0n) is 11.0. The van der Waals surface area contributed by atoms with Gasteiger partial charge in [0, 0.05) is 0 Å². The fraction of sp³-hybridized carbons (Fsp3) is 0.571. The van der Waals surface area contributed by atoms with E-state index in [2.05, 4.69) is 5.32 Å². The summed E-state index contributed by atoms with van der Waals surface area (Å²) in [5.74, 6) is 1.14. The predicted octanol–water partition coefficient (Wildman–Crippen LogP) is 2.64. The van der Waals surface area contributed by atoms with Gasteiger partial charge in [-0.15, -0.1) is 0 Å². The maximum Gasteiger partial charge on any atom is 0.144 e. The molecule has 0 aliphatic carbocycles. The van der Waals surface area contributed by atoms with E-state index in [9.17, 15) is 0 Å². The van der Waals surface area contributed by atoms with Gasteiger partial charge >= 0.3 is 0 Å². The highest BCUT2D eigenvalue weighted by atomic mass is 19.1. The lowest BCUT2D eigenvalue weighted by Crippen LogP contribution is -2.24. The average Bonchev–Trinajstić information content (AvgIpc) is 2.63. The maximum absolute atomic E-state index is 15.3. The number of methoxy groups -OCH3 is 2. The smallest absolute Gasteiger partial charge is 0.144 e. The molecule has 0 aromatic heterocycles. The van der Waals surface area contributed by atoms with Crippen LogP contribution in [0.5, 0.6) is 11.5 Å². The minimum absolute atomic E-state index is 0.448. The van der Waals surface area contributed by atoms with Crippen LogP contribution in [-0.4, -0.2) is 27.3 Å². The van der Waals surface area contributed by atoms with Crippen molar-refractivity contribution in [3.63, 3.8) is 0 Å². The van der Waals surface area contributed by atoms with Crippen molar-refractivity contribution < 1.29 is 13.9 Å². The summed E-state index contributed by atoms with van der Waals surface area (Å²) in [5.41, 5.74) is -0.819. The Morgan fingerprint density at radius 2 is 1.78 bits per heavy atom. The van der Waals surface area contributed by atoms with Gasteiger partial charge in [-0.3, -0.25) is 0 Å². The zero-order chi connectivity index (χ0) is 13.0. The van der Waals surface area contributed by atoms with E-state index in [-0.39, 0.29) is 0 Å². The maximum atomic E-state index is 15.3. The molecule has 1 saturated heterocycles. The Labute approximate surface area is 107 Å². The lowest BCUT2D eigenvalue weighted by molar-refractivity contribution is 0.135. The first-order chi connectivity index (χ1) is 8.71. The van der Waals surface area contributed by atoms with Crippen molar-refractivity contribution in [1.82, 2.24) is 5.32 Å². The summed E-state index contributed by atoms with van der Waals surface area (Å²) in [6, 6.07) is 5.40. The minimum atomic E-state index is -1.37. The van der Waals surface area contributed by atoms with Crippen molar-refractivity contribution in [2.75, 3.05) is 27.3 Å². The van der Waals surface area contributed by atoms with E-state index in [1.807, 2.05) is 6.07 Å². The highest BCUT2D eigenvalue weighted by molar-refractivity contribution is 5.48. The van der Waals surface area contributed by atoms with Crippen molar-refractivity contribution in [3.05, 3.63) is 23.8 Å². The Hall–Kier alpha value is -1.29. The molecule has 1 aliphatic heterocycles. The van der Waals surface area contributed by atoms with Crippen molar-refractivity contribution in [2.24, 2.45) is 0 Å². The van der Waals surface area contributed by atoms with Crippen molar-refractivity contribution in [2.45, 2.75) is 24.9 Å². The quantitative estimate of drug-likeness (QED) is 0.898. The lowest BCUT2D eigenvalue weighted by Gasteiger charge is -2.27. The summed E-state index contributed by atoms with van der Waals surface area (Å²) in [5, 5.41) is 3.23. The van der Waals surface area contributed by atoms with E-state index in [4.69, 9.17) is 9.47 Å². The number of hydrogen-bond donors (Lipinski definition) is 1. The normalized spacial score (nSPS) is 24.4. The van der Waals surface area contributed by atoms with E-state index in [1.165, 1.54) is 0 Å². The van der Waals surface area contributed by atoms with Crippen molar-refractivity contribution in [1.29, 1.82) is 0 Å². The molecular formula is C14H20FNO2. The van der Waals surface area contributed by atoms with Crippen LogP contribution >= 0.6 is 0 Å². The minimum Gasteiger partial charge on any atom is -0.496 e.